The normalized spacial score (nSPS) is 16.6. The molecule has 0 bridgehead atoms. The molecule has 4 nitrogen and oxygen atoms in total. The molecule has 1 atom stereocenters. The molecule has 1 fully saturated rings. The van der Waals surface area contributed by atoms with Crippen molar-refractivity contribution in [2.75, 3.05) is 18.4 Å². The summed E-state index contributed by atoms with van der Waals surface area (Å²) in [5.41, 5.74) is -0.290. The Bertz CT molecular complexity index is 861. The molecule has 1 heterocycles. The Hall–Kier alpha value is -2.38. The molecule has 3 rings (SSSR count). The van der Waals surface area contributed by atoms with Gasteiger partial charge in [-0.3, -0.25) is 14.5 Å². The van der Waals surface area contributed by atoms with Crippen LogP contribution in [-0.4, -0.2) is 29.7 Å². The first-order valence-electron chi connectivity index (χ1n) is 8.74. The molecule has 8 heteroatoms. The Balaban J connectivity index is 1.87. The molecule has 0 radical (unpaired) electrons. The highest BCUT2D eigenvalue weighted by atomic mass is 35.5. The molecule has 1 N–H and O–H groups in total. The van der Waals surface area contributed by atoms with E-state index >= 15 is 0 Å². The number of likely N-dealkylation sites (tertiary alicyclic amines) is 1. The van der Waals surface area contributed by atoms with Gasteiger partial charge in [-0.2, -0.15) is 13.2 Å². The molecule has 1 amide bonds. The Morgan fingerprint density at radius 1 is 1.07 bits per heavy atom. The predicted molar refractivity (Wildman–Crippen MR) is 100 cm³/mol. The summed E-state index contributed by atoms with van der Waals surface area (Å²) < 4.78 is 39.2. The van der Waals surface area contributed by atoms with Gasteiger partial charge in [-0.1, -0.05) is 41.9 Å². The van der Waals surface area contributed by atoms with E-state index < -0.39 is 28.7 Å². The minimum absolute atomic E-state index is 0.00995. The fraction of sp³-hybridized carbons (Fsp3) is 0.300. The largest absolute Gasteiger partial charge is 0.417 e. The Morgan fingerprint density at radius 2 is 1.71 bits per heavy atom. The number of nitrogens with zero attached hydrogens (tertiary/aromatic N) is 1. The Labute approximate surface area is 165 Å². The maximum atomic E-state index is 13.1. The van der Waals surface area contributed by atoms with Crippen LogP contribution in [0, 0.1) is 0 Å². The number of carbonyl (C=O) groups excluding carboxylic acids is 2. The average Bonchev–Trinajstić information content (AvgIpc) is 2.65. The summed E-state index contributed by atoms with van der Waals surface area (Å²) in [7, 11) is 0. The maximum absolute atomic E-state index is 13.1. The molecule has 1 aliphatic rings. The lowest BCUT2D eigenvalue weighted by molar-refractivity contribution is -0.137. The van der Waals surface area contributed by atoms with Crippen LogP contribution in [0.2, 0.25) is 5.02 Å². The summed E-state index contributed by atoms with van der Waals surface area (Å²) in [6.07, 6.45) is -3.94. The molecule has 1 saturated heterocycles. The van der Waals surface area contributed by atoms with Crippen molar-refractivity contribution in [2.45, 2.75) is 25.1 Å². The van der Waals surface area contributed by atoms with Crippen molar-refractivity contribution >= 4 is 29.0 Å². The molecular formula is C20H18ClF3N2O2. The number of benzene rings is 2. The minimum Gasteiger partial charge on any atom is -0.324 e. The minimum atomic E-state index is -4.62. The van der Waals surface area contributed by atoms with Crippen molar-refractivity contribution in [2.24, 2.45) is 0 Å². The SMILES string of the molecule is O=C1CCN([C@@H](C(=O)Nc2ccc(Cl)c(C(F)(F)F)c2)c2ccccc2)CC1. The van der Waals surface area contributed by atoms with Gasteiger partial charge in [0.15, 0.2) is 0 Å². The first kappa shape index (κ1) is 20.4. The van der Waals surface area contributed by atoms with Crippen LogP contribution >= 0.6 is 11.6 Å². The van der Waals surface area contributed by atoms with Crippen LogP contribution in [0.5, 0.6) is 0 Å². The van der Waals surface area contributed by atoms with Gasteiger partial charge in [0, 0.05) is 31.6 Å². The van der Waals surface area contributed by atoms with Crippen LogP contribution in [-0.2, 0) is 15.8 Å². The van der Waals surface area contributed by atoms with E-state index in [0.717, 1.165) is 12.1 Å². The predicted octanol–water partition coefficient (Wildman–Crippen LogP) is 4.70. The molecule has 0 unspecified atom stereocenters. The number of anilines is 1. The smallest absolute Gasteiger partial charge is 0.324 e. The number of amides is 1. The van der Waals surface area contributed by atoms with Crippen molar-refractivity contribution < 1.29 is 22.8 Å². The van der Waals surface area contributed by atoms with E-state index in [0.29, 0.717) is 31.5 Å². The van der Waals surface area contributed by atoms with Gasteiger partial charge in [0.05, 0.1) is 10.6 Å². The Kier molecular flexibility index (Phi) is 6.05. The van der Waals surface area contributed by atoms with E-state index in [-0.39, 0.29) is 11.5 Å². The number of carbonyl (C=O) groups is 2. The zero-order valence-electron chi connectivity index (χ0n) is 14.8. The van der Waals surface area contributed by atoms with Crippen molar-refractivity contribution in [3.05, 3.63) is 64.7 Å². The number of piperidine rings is 1. The molecule has 1 aliphatic heterocycles. The number of rotatable bonds is 4. The van der Waals surface area contributed by atoms with E-state index in [2.05, 4.69) is 5.32 Å². The summed E-state index contributed by atoms with van der Waals surface area (Å²) in [5, 5.41) is 2.13. The van der Waals surface area contributed by atoms with E-state index in [4.69, 9.17) is 11.6 Å². The third-order valence-electron chi connectivity index (χ3n) is 4.62. The second-order valence-electron chi connectivity index (χ2n) is 6.57. The van der Waals surface area contributed by atoms with Gasteiger partial charge in [0.25, 0.3) is 0 Å². The number of hydrogen-bond donors (Lipinski definition) is 1. The topological polar surface area (TPSA) is 49.4 Å². The van der Waals surface area contributed by atoms with Crippen LogP contribution in [0.3, 0.4) is 0 Å². The lowest BCUT2D eigenvalue weighted by Crippen LogP contribution is -2.42. The molecule has 28 heavy (non-hydrogen) atoms. The van der Waals surface area contributed by atoms with Crippen molar-refractivity contribution in [1.82, 2.24) is 4.90 Å². The third kappa shape index (κ3) is 4.72. The van der Waals surface area contributed by atoms with Gasteiger partial charge in [-0.25, -0.2) is 0 Å². The number of Topliss-reactive ketones (excluding diaryl/α,β-unsaturated/α-hetero) is 1. The standard InChI is InChI=1S/C20H18ClF3N2O2/c21-17-7-6-14(12-16(17)20(22,23)24)25-19(28)18(13-4-2-1-3-5-13)26-10-8-15(27)9-11-26/h1-7,12,18H,8-11H2,(H,25,28)/t18-/m1/s1. The monoisotopic (exact) mass is 410 g/mol. The molecule has 2 aromatic rings. The molecule has 0 aliphatic carbocycles. The highest BCUT2D eigenvalue weighted by molar-refractivity contribution is 6.31. The molecule has 2 aromatic carbocycles. The van der Waals surface area contributed by atoms with Crippen molar-refractivity contribution in [3.8, 4) is 0 Å². The fourth-order valence-electron chi connectivity index (χ4n) is 3.23. The van der Waals surface area contributed by atoms with Crippen LogP contribution < -0.4 is 5.32 Å². The maximum Gasteiger partial charge on any atom is 0.417 e. The van der Waals surface area contributed by atoms with Crippen LogP contribution in [0.15, 0.2) is 48.5 Å². The summed E-state index contributed by atoms with van der Waals surface area (Å²) in [6, 6.07) is 11.5. The van der Waals surface area contributed by atoms with E-state index in [1.807, 2.05) is 11.0 Å². The highest BCUT2D eigenvalue weighted by Gasteiger charge is 2.34. The molecular weight excluding hydrogens is 393 g/mol. The Morgan fingerprint density at radius 3 is 2.32 bits per heavy atom. The van der Waals surface area contributed by atoms with E-state index in [1.54, 1.807) is 24.3 Å². The van der Waals surface area contributed by atoms with Crippen molar-refractivity contribution in [3.63, 3.8) is 0 Å². The second-order valence-corrected chi connectivity index (χ2v) is 6.98. The van der Waals surface area contributed by atoms with Crippen LogP contribution in [0.1, 0.15) is 30.0 Å². The highest BCUT2D eigenvalue weighted by Crippen LogP contribution is 2.36. The van der Waals surface area contributed by atoms with E-state index in [1.165, 1.54) is 6.07 Å². The summed E-state index contributed by atoms with van der Waals surface area (Å²) in [5.74, 6) is -0.327. The summed E-state index contributed by atoms with van der Waals surface area (Å²) in [4.78, 5) is 26.4. The summed E-state index contributed by atoms with van der Waals surface area (Å²) >= 11 is 5.64. The van der Waals surface area contributed by atoms with Gasteiger partial charge in [-0.15, -0.1) is 0 Å². The first-order chi connectivity index (χ1) is 13.3. The number of alkyl halides is 3. The average molecular weight is 411 g/mol. The lowest BCUT2D eigenvalue weighted by atomic mass is 10.0. The van der Waals surface area contributed by atoms with Gasteiger partial charge < -0.3 is 5.32 Å². The number of nitrogens with one attached hydrogen (secondary N) is 1. The zero-order valence-corrected chi connectivity index (χ0v) is 15.6. The van der Waals surface area contributed by atoms with Gasteiger partial charge >= 0.3 is 6.18 Å². The van der Waals surface area contributed by atoms with Crippen molar-refractivity contribution in [1.29, 1.82) is 0 Å². The second kappa shape index (κ2) is 8.32. The number of ketones is 1. The molecule has 0 saturated carbocycles. The third-order valence-corrected chi connectivity index (χ3v) is 4.95. The molecule has 0 aromatic heterocycles. The van der Waals surface area contributed by atoms with Crippen LogP contribution in [0.4, 0.5) is 18.9 Å². The zero-order chi connectivity index (χ0) is 20.3. The number of halogens is 4. The van der Waals surface area contributed by atoms with Crippen LogP contribution in [0.25, 0.3) is 0 Å². The van der Waals surface area contributed by atoms with Gasteiger partial charge in [-0.05, 0) is 23.8 Å². The lowest BCUT2D eigenvalue weighted by Gasteiger charge is -2.33. The van der Waals surface area contributed by atoms with E-state index in [9.17, 15) is 22.8 Å². The molecule has 148 valence electrons. The van der Waals surface area contributed by atoms with Gasteiger partial charge in [0.2, 0.25) is 5.91 Å². The van der Waals surface area contributed by atoms with Gasteiger partial charge in [0.1, 0.15) is 11.8 Å². The first-order valence-corrected chi connectivity index (χ1v) is 9.12. The quantitative estimate of drug-likeness (QED) is 0.794. The number of hydrogen-bond acceptors (Lipinski definition) is 3. The summed E-state index contributed by atoms with van der Waals surface area (Å²) in [6.45, 7) is 0.834. The fourth-order valence-corrected chi connectivity index (χ4v) is 3.45. The molecule has 0 spiro atoms.